The summed E-state index contributed by atoms with van der Waals surface area (Å²) in [5.41, 5.74) is 1.54. The number of aliphatic carboxylic acids is 1. The summed E-state index contributed by atoms with van der Waals surface area (Å²) in [6.45, 7) is 3.60. The summed E-state index contributed by atoms with van der Waals surface area (Å²) >= 11 is 0. The van der Waals surface area contributed by atoms with E-state index in [1.54, 1.807) is 0 Å². The first-order valence-electron chi connectivity index (χ1n) is 13.8. The molecule has 0 spiro atoms. The van der Waals surface area contributed by atoms with Crippen LogP contribution in [0.2, 0.25) is 0 Å². The lowest BCUT2D eigenvalue weighted by atomic mass is 10.1. The molecule has 0 fully saturated rings. The zero-order chi connectivity index (χ0) is 25.7. The van der Waals surface area contributed by atoms with Crippen molar-refractivity contribution in [3.63, 3.8) is 0 Å². The van der Waals surface area contributed by atoms with Crippen molar-refractivity contribution in [2.24, 2.45) is 10.2 Å². The standard InChI is InChI=1S/C30H44N2O4/c1-2-3-4-5-6-7-8-9-10-13-24-35-28-20-16-26(17-21-28)31-32-27-18-22-29(23-19-27)36-25-14-11-12-15-30(33)34/h16-23H,2-15,24-25H2,1H3,(H,33,34). The molecule has 1 N–H and O–H groups in total. The quantitative estimate of drug-likeness (QED) is 0.138. The first kappa shape index (κ1) is 29.3. The Labute approximate surface area is 217 Å². The molecule has 2 aromatic rings. The van der Waals surface area contributed by atoms with E-state index in [1.165, 1.54) is 57.8 Å². The van der Waals surface area contributed by atoms with E-state index in [-0.39, 0.29) is 6.42 Å². The van der Waals surface area contributed by atoms with Crippen LogP contribution >= 0.6 is 0 Å². The number of hydrogen-bond donors (Lipinski definition) is 1. The second-order valence-electron chi connectivity index (χ2n) is 9.27. The molecule has 0 saturated heterocycles. The molecule has 0 aromatic heterocycles. The third-order valence-corrected chi connectivity index (χ3v) is 6.02. The normalized spacial score (nSPS) is 11.1. The number of hydrogen-bond acceptors (Lipinski definition) is 5. The Bertz CT molecular complexity index is 850. The Morgan fingerprint density at radius 1 is 0.611 bits per heavy atom. The van der Waals surface area contributed by atoms with Gasteiger partial charge in [-0.05, 0) is 74.2 Å². The van der Waals surface area contributed by atoms with Gasteiger partial charge < -0.3 is 14.6 Å². The predicted molar refractivity (Wildman–Crippen MR) is 146 cm³/mol. The van der Waals surface area contributed by atoms with E-state index in [2.05, 4.69) is 17.2 Å². The van der Waals surface area contributed by atoms with Crippen molar-refractivity contribution in [1.29, 1.82) is 0 Å². The van der Waals surface area contributed by atoms with Crippen molar-refractivity contribution in [3.8, 4) is 11.5 Å². The maximum absolute atomic E-state index is 10.5. The number of carboxylic acids is 1. The van der Waals surface area contributed by atoms with E-state index in [9.17, 15) is 4.79 Å². The molecule has 0 unspecified atom stereocenters. The highest BCUT2D eigenvalue weighted by Gasteiger charge is 1.99. The first-order chi connectivity index (χ1) is 17.7. The fourth-order valence-corrected chi connectivity index (χ4v) is 3.86. The summed E-state index contributed by atoms with van der Waals surface area (Å²) in [5, 5.41) is 17.2. The molecule has 0 aliphatic rings. The zero-order valence-electron chi connectivity index (χ0n) is 22.0. The van der Waals surface area contributed by atoms with Crippen molar-refractivity contribution in [3.05, 3.63) is 48.5 Å². The van der Waals surface area contributed by atoms with E-state index in [0.717, 1.165) is 48.7 Å². The van der Waals surface area contributed by atoms with Gasteiger partial charge in [-0.25, -0.2) is 0 Å². The van der Waals surface area contributed by atoms with Crippen LogP contribution in [0.5, 0.6) is 11.5 Å². The number of carboxylic acid groups (broad SMARTS) is 1. The van der Waals surface area contributed by atoms with Crippen molar-refractivity contribution >= 4 is 17.3 Å². The van der Waals surface area contributed by atoms with Gasteiger partial charge in [0.2, 0.25) is 0 Å². The van der Waals surface area contributed by atoms with Gasteiger partial charge in [0, 0.05) is 6.42 Å². The van der Waals surface area contributed by atoms with Crippen molar-refractivity contribution in [1.82, 2.24) is 0 Å². The fraction of sp³-hybridized carbons (Fsp3) is 0.567. The lowest BCUT2D eigenvalue weighted by Crippen LogP contribution is -1.98. The molecular weight excluding hydrogens is 452 g/mol. The number of nitrogens with zero attached hydrogens (tertiary/aromatic N) is 2. The maximum atomic E-state index is 10.5. The number of unbranched alkanes of at least 4 members (excludes halogenated alkanes) is 11. The van der Waals surface area contributed by atoms with Crippen LogP contribution in [0.1, 0.15) is 96.8 Å². The molecule has 36 heavy (non-hydrogen) atoms. The minimum Gasteiger partial charge on any atom is -0.494 e. The lowest BCUT2D eigenvalue weighted by molar-refractivity contribution is -0.137. The molecule has 0 bridgehead atoms. The number of benzene rings is 2. The van der Waals surface area contributed by atoms with Gasteiger partial charge in [-0.1, -0.05) is 64.7 Å². The number of ether oxygens (including phenoxy) is 2. The molecule has 0 heterocycles. The molecule has 0 aliphatic heterocycles. The summed E-state index contributed by atoms with van der Waals surface area (Å²) < 4.78 is 11.6. The molecule has 0 atom stereocenters. The average molecular weight is 497 g/mol. The van der Waals surface area contributed by atoms with Gasteiger partial charge >= 0.3 is 5.97 Å². The van der Waals surface area contributed by atoms with Crippen LogP contribution in [0.4, 0.5) is 11.4 Å². The van der Waals surface area contributed by atoms with Gasteiger partial charge in [0.05, 0.1) is 24.6 Å². The number of azo groups is 1. The zero-order valence-corrected chi connectivity index (χ0v) is 22.0. The van der Waals surface area contributed by atoms with Crippen LogP contribution in [0.15, 0.2) is 58.8 Å². The Balaban J connectivity index is 1.56. The molecule has 2 aromatic carbocycles. The van der Waals surface area contributed by atoms with Crippen molar-refractivity contribution in [2.45, 2.75) is 96.8 Å². The highest BCUT2D eigenvalue weighted by atomic mass is 16.5. The molecule has 0 amide bonds. The van der Waals surface area contributed by atoms with Crippen LogP contribution in [0.25, 0.3) is 0 Å². The molecule has 0 radical (unpaired) electrons. The second kappa shape index (κ2) is 19.3. The van der Waals surface area contributed by atoms with Crippen molar-refractivity contribution < 1.29 is 19.4 Å². The van der Waals surface area contributed by atoms with Crippen LogP contribution in [-0.2, 0) is 4.79 Å². The van der Waals surface area contributed by atoms with E-state index in [0.29, 0.717) is 13.0 Å². The molecule has 0 aliphatic carbocycles. The van der Waals surface area contributed by atoms with Gasteiger partial charge in [0.1, 0.15) is 11.5 Å². The second-order valence-corrected chi connectivity index (χ2v) is 9.27. The summed E-state index contributed by atoms with van der Waals surface area (Å²) in [6.07, 6.45) is 15.8. The van der Waals surface area contributed by atoms with Gasteiger partial charge in [0.25, 0.3) is 0 Å². The number of rotatable bonds is 21. The monoisotopic (exact) mass is 496 g/mol. The van der Waals surface area contributed by atoms with E-state index in [1.807, 2.05) is 48.5 Å². The number of carbonyl (C=O) groups is 1. The Morgan fingerprint density at radius 2 is 1.00 bits per heavy atom. The predicted octanol–water partition coefficient (Wildman–Crippen LogP) is 9.43. The van der Waals surface area contributed by atoms with E-state index >= 15 is 0 Å². The Morgan fingerprint density at radius 3 is 1.42 bits per heavy atom. The van der Waals surface area contributed by atoms with Crippen LogP contribution in [-0.4, -0.2) is 24.3 Å². The topological polar surface area (TPSA) is 80.5 Å². The van der Waals surface area contributed by atoms with Gasteiger partial charge in [-0.3, -0.25) is 4.79 Å². The minimum absolute atomic E-state index is 0.217. The summed E-state index contributed by atoms with van der Waals surface area (Å²) in [6, 6.07) is 15.2. The Hall–Kier alpha value is -2.89. The molecule has 2 rings (SSSR count). The van der Waals surface area contributed by atoms with E-state index < -0.39 is 5.97 Å². The summed E-state index contributed by atoms with van der Waals surface area (Å²) in [4.78, 5) is 10.5. The fourth-order valence-electron chi connectivity index (χ4n) is 3.86. The smallest absolute Gasteiger partial charge is 0.303 e. The molecule has 0 saturated carbocycles. The molecule has 6 nitrogen and oxygen atoms in total. The lowest BCUT2D eigenvalue weighted by Gasteiger charge is -2.06. The Kier molecular flexibility index (Phi) is 15.7. The van der Waals surface area contributed by atoms with Gasteiger partial charge in [-0.15, -0.1) is 0 Å². The SMILES string of the molecule is CCCCCCCCCCCCOc1ccc(N=Nc2ccc(OCCCCCC(=O)O)cc2)cc1. The van der Waals surface area contributed by atoms with E-state index in [4.69, 9.17) is 14.6 Å². The van der Waals surface area contributed by atoms with Crippen LogP contribution in [0.3, 0.4) is 0 Å². The summed E-state index contributed by atoms with van der Waals surface area (Å²) in [7, 11) is 0. The highest BCUT2D eigenvalue weighted by molar-refractivity contribution is 5.66. The van der Waals surface area contributed by atoms with Gasteiger partial charge in [0.15, 0.2) is 0 Å². The largest absolute Gasteiger partial charge is 0.494 e. The molecular formula is C30H44N2O4. The first-order valence-corrected chi connectivity index (χ1v) is 13.8. The molecule has 6 heteroatoms. The average Bonchev–Trinajstić information content (AvgIpc) is 2.89. The minimum atomic E-state index is -0.746. The summed E-state index contributed by atoms with van der Waals surface area (Å²) in [5.74, 6) is 0.898. The third-order valence-electron chi connectivity index (χ3n) is 6.02. The van der Waals surface area contributed by atoms with Crippen LogP contribution in [0, 0.1) is 0 Å². The van der Waals surface area contributed by atoms with Crippen LogP contribution < -0.4 is 9.47 Å². The highest BCUT2D eigenvalue weighted by Crippen LogP contribution is 2.23. The molecule has 198 valence electrons. The van der Waals surface area contributed by atoms with Gasteiger partial charge in [-0.2, -0.15) is 10.2 Å². The van der Waals surface area contributed by atoms with Crippen molar-refractivity contribution in [2.75, 3.05) is 13.2 Å². The third kappa shape index (κ3) is 14.5. The maximum Gasteiger partial charge on any atom is 0.303 e.